The third-order valence-corrected chi connectivity index (χ3v) is 3.90. The van der Waals surface area contributed by atoms with Gasteiger partial charge in [0.2, 0.25) is 0 Å². The van der Waals surface area contributed by atoms with Crippen LogP contribution in [0.25, 0.3) is 0 Å². The van der Waals surface area contributed by atoms with Crippen molar-refractivity contribution >= 4 is 35.2 Å². The van der Waals surface area contributed by atoms with Gasteiger partial charge in [-0.05, 0) is 36.4 Å². The summed E-state index contributed by atoms with van der Waals surface area (Å²) in [6.07, 6.45) is 0.687. The largest absolute Gasteiger partial charge is 0.488 e. The number of fused-ring (bicyclic) bond motifs is 1. The van der Waals surface area contributed by atoms with Crippen molar-refractivity contribution in [3.05, 3.63) is 52.5 Å². The van der Waals surface area contributed by atoms with Gasteiger partial charge < -0.3 is 14.7 Å². The highest BCUT2D eigenvalue weighted by atomic mass is 35.5. The van der Waals surface area contributed by atoms with Crippen molar-refractivity contribution in [2.45, 2.75) is 0 Å². The first-order valence-electron chi connectivity index (χ1n) is 6.63. The summed E-state index contributed by atoms with van der Waals surface area (Å²) >= 11 is 6.19. The molecule has 22 heavy (non-hydrogen) atoms. The van der Waals surface area contributed by atoms with Gasteiger partial charge in [0.1, 0.15) is 6.61 Å². The van der Waals surface area contributed by atoms with Crippen molar-refractivity contribution in [2.24, 2.45) is 0 Å². The third-order valence-electron chi connectivity index (χ3n) is 3.51. The van der Waals surface area contributed by atoms with Crippen molar-refractivity contribution in [2.75, 3.05) is 18.1 Å². The number of ether oxygens (including phenoxy) is 1. The zero-order valence-corrected chi connectivity index (χ0v) is 12.2. The highest BCUT2D eigenvalue weighted by molar-refractivity contribution is 6.35. The summed E-state index contributed by atoms with van der Waals surface area (Å²) in [4.78, 5) is 23.9. The van der Waals surface area contributed by atoms with E-state index in [0.717, 1.165) is 11.4 Å². The van der Waals surface area contributed by atoms with E-state index in [9.17, 15) is 9.59 Å². The number of anilines is 2. The number of rotatable bonds is 3. The van der Waals surface area contributed by atoms with Gasteiger partial charge in [0.05, 0.1) is 22.8 Å². The lowest BCUT2D eigenvalue weighted by atomic mass is 10.1. The Balaban J connectivity index is 2.03. The Morgan fingerprint density at radius 3 is 2.59 bits per heavy atom. The predicted molar refractivity (Wildman–Crippen MR) is 82.7 cm³/mol. The Morgan fingerprint density at radius 1 is 1.23 bits per heavy atom. The van der Waals surface area contributed by atoms with Crippen LogP contribution in [0.1, 0.15) is 20.7 Å². The number of carbonyl (C=O) groups excluding carboxylic acids is 1. The molecule has 0 fully saturated rings. The van der Waals surface area contributed by atoms with Crippen LogP contribution in [0.2, 0.25) is 5.02 Å². The van der Waals surface area contributed by atoms with Crippen LogP contribution in [-0.2, 0) is 0 Å². The lowest BCUT2D eigenvalue weighted by Gasteiger charge is -2.32. The summed E-state index contributed by atoms with van der Waals surface area (Å²) in [7, 11) is 0. The number of benzene rings is 2. The molecule has 0 saturated carbocycles. The van der Waals surface area contributed by atoms with E-state index in [0.29, 0.717) is 35.8 Å². The van der Waals surface area contributed by atoms with Crippen LogP contribution in [0.5, 0.6) is 5.75 Å². The number of carboxylic acid groups (broad SMARTS) is 1. The van der Waals surface area contributed by atoms with Crippen LogP contribution in [-0.4, -0.2) is 30.5 Å². The Bertz CT molecular complexity index is 743. The van der Waals surface area contributed by atoms with E-state index in [1.807, 2.05) is 4.90 Å². The Labute approximate surface area is 131 Å². The molecule has 2 aromatic carbocycles. The van der Waals surface area contributed by atoms with Gasteiger partial charge in [-0.3, -0.25) is 4.79 Å². The van der Waals surface area contributed by atoms with Gasteiger partial charge in [-0.15, -0.1) is 0 Å². The average molecular weight is 318 g/mol. The number of halogens is 1. The quantitative estimate of drug-likeness (QED) is 0.879. The highest BCUT2D eigenvalue weighted by Gasteiger charge is 2.23. The monoisotopic (exact) mass is 317 g/mol. The van der Waals surface area contributed by atoms with Gasteiger partial charge in [0.25, 0.3) is 0 Å². The Morgan fingerprint density at radius 2 is 1.95 bits per heavy atom. The maximum Gasteiger partial charge on any atom is 0.335 e. The average Bonchev–Trinajstić information content (AvgIpc) is 2.55. The van der Waals surface area contributed by atoms with E-state index in [-0.39, 0.29) is 5.56 Å². The van der Waals surface area contributed by atoms with Crippen LogP contribution in [0.4, 0.5) is 11.4 Å². The summed E-state index contributed by atoms with van der Waals surface area (Å²) in [6, 6.07) is 9.99. The maximum atomic E-state index is 11.0. The van der Waals surface area contributed by atoms with Crippen molar-refractivity contribution in [1.82, 2.24) is 0 Å². The van der Waals surface area contributed by atoms with E-state index >= 15 is 0 Å². The van der Waals surface area contributed by atoms with Crippen molar-refractivity contribution in [1.29, 1.82) is 0 Å². The Kier molecular flexibility index (Phi) is 3.73. The fraction of sp³-hybridized carbons (Fsp3) is 0.125. The number of nitrogens with zero attached hydrogens (tertiary/aromatic N) is 1. The number of carbonyl (C=O) groups is 2. The molecule has 5 nitrogen and oxygen atoms in total. The first-order valence-corrected chi connectivity index (χ1v) is 7.01. The fourth-order valence-electron chi connectivity index (χ4n) is 2.41. The fourth-order valence-corrected chi connectivity index (χ4v) is 2.67. The molecule has 6 heteroatoms. The molecule has 0 aliphatic carbocycles. The van der Waals surface area contributed by atoms with Crippen molar-refractivity contribution in [3.63, 3.8) is 0 Å². The van der Waals surface area contributed by atoms with Crippen molar-refractivity contribution in [3.8, 4) is 5.75 Å². The maximum absolute atomic E-state index is 11.0. The molecule has 0 spiro atoms. The van der Waals surface area contributed by atoms with E-state index in [1.54, 1.807) is 36.4 Å². The van der Waals surface area contributed by atoms with Gasteiger partial charge >= 0.3 is 5.97 Å². The first kappa shape index (κ1) is 14.4. The minimum atomic E-state index is -0.965. The lowest BCUT2D eigenvalue weighted by molar-refractivity contribution is 0.0696. The van der Waals surface area contributed by atoms with E-state index in [2.05, 4.69) is 0 Å². The molecule has 112 valence electrons. The first-order chi connectivity index (χ1) is 10.6. The molecule has 0 bridgehead atoms. The summed E-state index contributed by atoms with van der Waals surface area (Å²) in [6.45, 7) is 1.03. The van der Waals surface area contributed by atoms with Gasteiger partial charge in [-0.2, -0.15) is 0 Å². The SMILES string of the molecule is O=Cc1ccc2c(c1Cl)OCCN2c1ccc(C(=O)O)cc1. The van der Waals surface area contributed by atoms with E-state index < -0.39 is 5.97 Å². The molecule has 0 saturated heterocycles. The smallest absolute Gasteiger partial charge is 0.335 e. The molecule has 0 aromatic heterocycles. The molecule has 1 aliphatic heterocycles. The lowest BCUT2D eigenvalue weighted by Crippen LogP contribution is -2.28. The summed E-state index contributed by atoms with van der Waals surface area (Å²) in [5.74, 6) is -0.493. The molecule has 0 amide bonds. The molecule has 1 heterocycles. The molecule has 1 aliphatic rings. The summed E-state index contributed by atoms with van der Waals surface area (Å²) < 4.78 is 5.58. The van der Waals surface area contributed by atoms with Crippen LogP contribution < -0.4 is 9.64 Å². The normalized spacial score (nSPS) is 13.2. The second kappa shape index (κ2) is 5.69. The number of hydrogen-bond donors (Lipinski definition) is 1. The summed E-state index contributed by atoms with van der Waals surface area (Å²) in [5.41, 5.74) is 2.20. The van der Waals surface area contributed by atoms with Gasteiger partial charge in [-0.25, -0.2) is 4.79 Å². The zero-order valence-electron chi connectivity index (χ0n) is 11.5. The zero-order chi connectivity index (χ0) is 15.7. The third kappa shape index (κ3) is 2.40. The van der Waals surface area contributed by atoms with Crippen LogP contribution >= 0.6 is 11.6 Å². The number of aromatic carboxylic acids is 1. The highest BCUT2D eigenvalue weighted by Crippen LogP contribution is 2.42. The van der Waals surface area contributed by atoms with Crippen LogP contribution in [0.3, 0.4) is 0 Å². The molecule has 2 aromatic rings. The standard InChI is InChI=1S/C16H12ClNO4/c17-14-11(9-19)3-6-13-15(14)22-8-7-18(13)12-4-1-10(2-5-12)16(20)21/h1-6,9H,7-8H2,(H,20,21). The molecule has 0 unspecified atom stereocenters. The molecule has 0 radical (unpaired) electrons. The molecule has 1 N–H and O–H groups in total. The summed E-state index contributed by atoms with van der Waals surface area (Å²) in [5, 5.41) is 9.24. The Hall–Kier alpha value is -2.53. The second-order valence-corrected chi connectivity index (χ2v) is 5.16. The number of carboxylic acids is 1. The number of hydrogen-bond acceptors (Lipinski definition) is 4. The molecule has 0 atom stereocenters. The van der Waals surface area contributed by atoms with E-state index in [1.165, 1.54) is 0 Å². The van der Waals surface area contributed by atoms with Gasteiger partial charge in [0.15, 0.2) is 12.0 Å². The van der Waals surface area contributed by atoms with E-state index in [4.69, 9.17) is 21.4 Å². The molecular formula is C16H12ClNO4. The minimum Gasteiger partial charge on any atom is -0.488 e. The number of aldehydes is 1. The van der Waals surface area contributed by atoms with Gasteiger partial charge in [0, 0.05) is 11.3 Å². The van der Waals surface area contributed by atoms with Crippen LogP contribution in [0.15, 0.2) is 36.4 Å². The minimum absolute atomic E-state index is 0.228. The van der Waals surface area contributed by atoms with Crippen LogP contribution in [0, 0.1) is 0 Å². The molecule has 3 rings (SSSR count). The topological polar surface area (TPSA) is 66.8 Å². The second-order valence-electron chi connectivity index (χ2n) is 4.79. The van der Waals surface area contributed by atoms with Crippen molar-refractivity contribution < 1.29 is 19.4 Å². The van der Waals surface area contributed by atoms with Gasteiger partial charge in [-0.1, -0.05) is 11.6 Å². The predicted octanol–water partition coefficient (Wildman–Crippen LogP) is 3.38. The molecular weight excluding hydrogens is 306 g/mol.